The molecule has 1 unspecified atom stereocenters. The van der Waals surface area contributed by atoms with Gasteiger partial charge < -0.3 is 15.3 Å². The number of carbonyl (C=O) groups is 3. The number of piperazine rings is 1. The van der Waals surface area contributed by atoms with Crippen molar-refractivity contribution in [1.29, 1.82) is 0 Å². The molecule has 0 aromatic carbocycles. The monoisotopic (exact) mass is 268 g/mol. The second-order valence-corrected chi connectivity index (χ2v) is 5.29. The van der Waals surface area contributed by atoms with Crippen molar-refractivity contribution in [3.63, 3.8) is 0 Å². The molecule has 2 rings (SSSR count). The average molecular weight is 268 g/mol. The van der Waals surface area contributed by atoms with Crippen LogP contribution in [0.25, 0.3) is 0 Å². The lowest BCUT2D eigenvalue weighted by Crippen LogP contribution is -2.59. The minimum absolute atomic E-state index is 0.0513. The van der Waals surface area contributed by atoms with Crippen LogP contribution in [0.2, 0.25) is 0 Å². The van der Waals surface area contributed by atoms with Crippen molar-refractivity contribution in [2.75, 3.05) is 13.1 Å². The van der Waals surface area contributed by atoms with E-state index < -0.39 is 17.9 Å². The van der Waals surface area contributed by atoms with Crippen LogP contribution in [0.1, 0.15) is 14.5 Å². The Morgan fingerprint density at radius 2 is 2.22 bits per heavy atom. The first kappa shape index (κ1) is 12.6. The minimum Gasteiger partial charge on any atom is -0.480 e. The summed E-state index contributed by atoms with van der Waals surface area (Å²) in [7, 11) is 0. The molecule has 7 heteroatoms. The van der Waals surface area contributed by atoms with Gasteiger partial charge in [0.15, 0.2) is 0 Å². The van der Waals surface area contributed by atoms with E-state index in [1.165, 1.54) is 11.3 Å². The van der Waals surface area contributed by atoms with Crippen molar-refractivity contribution in [1.82, 2.24) is 10.2 Å². The minimum atomic E-state index is -1.11. The van der Waals surface area contributed by atoms with Crippen molar-refractivity contribution >= 4 is 29.1 Å². The number of nitrogens with one attached hydrogen (secondary N) is 1. The third-order valence-electron chi connectivity index (χ3n) is 2.68. The maximum atomic E-state index is 12.2. The summed E-state index contributed by atoms with van der Waals surface area (Å²) in [5.74, 6) is -1.86. The number of aliphatic carboxylic acids is 1. The van der Waals surface area contributed by atoms with Crippen LogP contribution in [0.5, 0.6) is 0 Å². The number of aryl methyl sites for hydroxylation is 1. The summed E-state index contributed by atoms with van der Waals surface area (Å²) < 4.78 is 0. The number of amides is 2. The number of carboxylic acid groups (broad SMARTS) is 1. The number of thiophene rings is 1. The smallest absolute Gasteiger partial charge is 0.328 e. The van der Waals surface area contributed by atoms with Gasteiger partial charge in [0.1, 0.15) is 12.6 Å². The van der Waals surface area contributed by atoms with Crippen LogP contribution in [0.3, 0.4) is 0 Å². The third kappa shape index (κ3) is 2.35. The molecule has 0 aliphatic carbocycles. The molecule has 1 aromatic heterocycles. The molecule has 0 spiro atoms. The predicted molar refractivity (Wildman–Crippen MR) is 64.5 cm³/mol. The van der Waals surface area contributed by atoms with Gasteiger partial charge in [-0.05, 0) is 19.1 Å². The van der Waals surface area contributed by atoms with E-state index in [0.717, 1.165) is 9.78 Å². The van der Waals surface area contributed by atoms with Crippen molar-refractivity contribution in [2.45, 2.75) is 13.0 Å². The van der Waals surface area contributed by atoms with Gasteiger partial charge in [-0.3, -0.25) is 9.59 Å². The quantitative estimate of drug-likeness (QED) is 0.795. The van der Waals surface area contributed by atoms with Crippen molar-refractivity contribution in [3.05, 3.63) is 21.9 Å². The lowest BCUT2D eigenvalue weighted by molar-refractivity contribution is -0.144. The number of hydrogen-bond donors (Lipinski definition) is 2. The molecule has 2 heterocycles. The molecular weight excluding hydrogens is 256 g/mol. The van der Waals surface area contributed by atoms with Crippen molar-refractivity contribution < 1.29 is 19.5 Å². The van der Waals surface area contributed by atoms with E-state index in [0.29, 0.717) is 4.88 Å². The molecule has 1 aliphatic heterocycles. The second-order valence-electron chi connectivity index (χ2n) is 4.00. The van der Waals surface area contributed by atoms with Gasteiger partial charge in [0, 0.05) is 11.4 Å². The van der Waals surface area contributed by atoms with E-state index in [1.54, 1.807) is 12.1 Å². The summed E-state index contributed by atoms with van der Waals surface area (Å²) in [4.78, 5) is 37.0. The molecule has 1 aromatic rings. The first-order valence-electron chi connectivity index (χ1n) is 5.36. The third-order valence-corrected chi connectivity index (χ3v) is 3.67. The van der Waals surface area contributed by atoms with E-state index in [-0.39, 0.29) is 19.0 Å². The van der Waals surface area contributed by atoms with Gasteiger partial charge in [-0.25, -0.2) is 4.79 Å². The summed E-state index contributed by atoms with van der Waals surface area (Å²) >= 11 is 1.29. The summed E-state index contributed by atoms with van der Waals surface area (Å²) in [5, 5.41) is 11.5. The largest absolute Gasteiger partial charge is 0.480 e. The molecule has 2 amide bonds. The Morgan fingerprint density at radius 3 is 2.78 bits per heavy atom. The summed E-state index contributed by atoms with van der Waals surface area (Å²) in [6.07, 6.45) is 0. The predicted octanol–water partition coefficient (Wildman–Crippen LogP) is 0.0817. The van der Waals surface area contributed by atoms with E-state index in [4.69, 9.17) is 5.11 Å². The van der Waals surface area contributed by atoms with Gasteiger partial charge in [0.05, 0.1) is 4.88 Å². The van der Waals surface area contributed by atoms with Crippen LogP contribution < -0.4 is 5.32 Å². The molecular formula is C11H12N2O4S. The molecule has 1 saturated heterocycles. The fourth-order valence-electron chi connectivity index (χ4n) is 1.77. The summed E-state index contributed by atoms with van der Waals surface area (Å²) in [6, 6.07) is 2.43. The Bertz CT molecular complexity index is 511. The molecule has 6 nitrogen and oxygen atoms in total. The van der Waals surface area contributed by atoms with Crippen molar-refractivity contribution in [2.24, 2.45) is 0 Å². The van der Waals surface area contributed by atoms with Gasteiger partial charge in [-0.1, -0.05) is 0 Å². The number of carbonyl (C=O) groups excluding carboxylic acids is 2. The Labute approximate surface area is 107 Å². The van der Waals surface area contributed by atoms with E-state index in [2.05, 4.69) is 5.32 Å². The molecule has 1 atom stereocenters. The highest BCUT2D eigenvalue weighted by molar-refractivity contribution is 7.13. The summed E-state index contributed by atoms with van der Waals surface area (Å²) in [6.45, 7) is 1.59. The number of carboxylic acids is 1. The van der Waals surface area contributed by atoms with Crippen LogP contribution in [-0.4, -0.2) is 46.9 Å². The molecule has 0 bridgehead atoms. The topological polar surface area (TPSA) is 86.7 Å². The van der Waals surface area contributed by atoms with Gasteiger partial charge in [-0.2, -0.15) is 0 Å². The number of rotatable bonds is 2. The Hall–Kier alpha value is -1.89. The number of nitrogens with zero attached hydrogens (tertiary/aromatic N) is 1. The Kier molecular flexibility index (Phi) is 3.33. The van der Waals surface area contributed by atoms with Crippen LogP contribution >= 0.6 is 11.3 Å². The fraction of sp³-hybridized carbons (Fsp3) is 0.364. The normalized spacial score (nSPS) is 19.5. The first-order chi connectivity index (χ1) is 8.49. The van der Waals surface area contributed by atoms with E-state index in [9.17, 15) is 14.4 Å². The first-order valence-corrected chi connectivity index (χ1v) is 6.17. The van der Waals surface area contributed by atoms with Gasteiger partial charge in [0.25, 0.3) is 5.91 Å². The fourth-order valence-corrected chi connectivity index (χ4v) is 2.59. The summed E-state index contributed by atoms with van der Waals surface area (Å²) in [5.41, 5.74) is 0. The second kappa shape index (κ2) is 4.77. The van der Waals surface area contributed by atoms with Crippen LogP contribution in [0, 0.1) is 6.92 Å². The molecule has 0 radical (unpaired) electrons. The zero-order valence-electron chi connectivity index (χ0n) is 9.67. The van der Waals surface area contributed by atoms with Crippen molar-refractivity contribution in [3.8, 4) is 0 Å². The molecule has 18 heavy (non-hydrogen) atoms. The maximum absolute atomic E-state index is 12.2. The zero-order valence-corrected chi connectivity index (χ0v) is 10.5. The Morgan fingerprint density at radius 1 is 1.50 bits per heavy atom. The van der Waals surface area contributed by atoms with Gasteiger partial charge in [0.2, 0.25) is 5.91 Å². The zero-order chi connectivity index (χ0) is 13.3. The molecule has 0 saturated carbocycles. The highest BCUT2D eigenvalue weighted by Crippen LogP contribution is 2.19. The lowest BCUT2D eigenvalue weighted by Gasteiger charge is -2.32. The van der Waals surface area contributed by atoms with E-state index >= 15 is 0 Å². The standard InChI is InChI=1S/C11H12N2O4S/c1-6-2-3-8(18-6)10(15)13-5-9(14)12-4-7(13)11(16)17/h2-3,7H,4-5H2,1H3,(H,12,14)(H,16,17). The SMILES string of the molecule is Cc1ccc(C(=O)N2CC(=O)NCC2C(=O)O)s1. The van der Waals surface area contributed by atoms with Crippen LogP contribution in [-0.2, 0) is 9.59 Å². The van der Waals surface area contributed by atoms with Crippen LogP contribution in [0.15, 0.2) is 12.1 Å². The average Bonchev–Trinajstić information content (AvgIpc) is 2.74. The lowest BCUT2D eigenvalue weighted by atomic mass is 10.2. The highest BCUT2D eigenvalue weighted by atomic mass is 32.1. The van der Waals surface area contributed by atoms with E-state index in [1.807, 2.05) is 6.92 Å². The molecule has 96 valence electrons. The molecule has 1 fully saturated rings. The number of hydrogen-bond acceptors (Lipinski definition) is 4. The Balaban J connectivity index is 2.25. The highest BCUT2D eigenvalue weighted by Gasteiger charge is 2.35. The van der Waals surface area contributed by atoms with Gasteiger partial charge in [-0.15, -0.1) is 11.3 Å². The maximum Gasteiger partial charge on any atom is 0.328 e. The molecule has 2 N–H and O–H groups in total. The molecule has 1 aliphatic rings. The van der Waals surface area contributed by atoms with Gasteiger partial charge >= 0.3 is 5.97 Å². The van der Waals surface area contributed by atoms with Crippen LogP contribution in [0.4, 0.5) is 0 Å².